The van der Waals surface area contributed by atoms with Crippen LogP contribution in [-0.4, -0.2) is 41.0 Å². The lowest BCUT2D eigenvalue weighted by Crippen LogP contribution is -2.45. The Morgan fingerprint density at radius 1 is 1.15 bits per heavy atom. The third-order valence-corrected chi connectivity index (χ3v) is 7.05. The molecule has 0 bridgehead atoms. The van der Waals surface area contributed by atoms with Gasteiger partial charge in [-0.15, -0.1) is 0 Å². The molecule has 2 aromatic rings. The number of aromatic carboxylic acids is 1. The molecule has 3 rings (SSSR count). The summed E-state index contributed by atoms with van der Waals surface area (Å²) in [6, 6.07) is 13.4. The number of benzene rings is 2. The second kappa shape index (κ2) is 12.0. The molecular weight excluding hydrogens is 426 g/mol. The summed E-state index contributed by atoms with van der Waals surface area (Å²) in [4.78, 5) is 11.4. The lowest BCUT2D eigenvalue weighted by molar-refractivity contribution is -0.00453. The zero-order chi connectivity index (χ0) is 24.7. The molecule has 5 heteroatoms. The van der Waals surface area contributed by atoms with Crippen LogP contribution in [-0.2, 0) is 4.74 Å². The van der Waals surface area contributed by atoms with E-state index < -0.39 is 12.1 Å². The predicted molar refractivity (Wildman–Crippen MR) is 137 cm³/mol. The molecule has 186 valence electrons. The zero-order valence-corrected chi connectivity index (χ0v) is 21.1. The molecule has 1 fully saturated rings. The van der Waals surface area contributed by atoms with Crippen molar-refractivity contribution in [2.24, 2.45) is 5.92 Å². The first kappa shape index (κ1) is 26.4. The van der Waals surface area contributed by atoms with Crippen LogP contribution < -0.4 is 5.32 Å². The van der Waals surface area contributed by atoms with Gasteiger partial charge >= 0.3 is 5.97 Å². The summed E-state index contributed by atoms with van der Waals surface area (Å²) >= 11 is 0. The molecule has 1 aliphatic rings. The van der Waals surface area contributed by atoms with Gasteiger partial charge in [-0.1, -0.05) is 68.5 Å². The molecule has 1 aliphatic carbocycles. The number of nitrogens with one attached hydrogen (secondary N) is 1. The Balaban J connectivity index is 1.56. The number of aryl methyl sites for hydroxylation is 1. The van der Waals surface area contributed by atoms with Crippen LogP contribution in [0.2, 0.25) is 0 Å². The molecule has 34 heavy (non-hydrogen) atoms. The monoisotopic (exact) mass is 467 g/mol. The van der Waals surface area contributed by atoms with Gasteiger partial charge in [0.1, 0.15) is 0 Å². The average molecular weight is 468 g/mol. The van der Waals surface area contributed by atoms with Crippen LogP contribution in [0.25, 0.3) is 11.1 Å². The number of aliphatic hydroxyl groups is 1. The molecule has 0 amide bonds. The Bertz CT molecular complexity index is 949. The van der Waals surface area contributed by atoms with Gasteiger partial charge in [0, 0.05) is 12.1 Å². The van der Waals surface area contributed by atoms with Crippen LogP contribution in [0.1, 0.15) is 86.9 Å². The molecule has 0 saturated heterocycles. The molecule has 1 saturated carbocycles. The summed E-state index contributed by atoms with van der Waals surface area (Å²) in [5.41, 5.74) is 4.03. The fourth-order valence-electron chi connectivity index (χ4n) is 5.17. The Labute approximate surface area is 204 Å². The quantitative estimate of drug-likeness (QED) is 0.370. The van der Waals surface area contributed by atoms with E-state index in [1.54, 1.807) is 6.07 Å². The molecule has 0 radical (unpaired) electrons. The first-order chi connectivity index (χ1) is 16.2. The van der Waals surface area contributed by atoms with Gasteiger partial charge in [0.15, 0.2) is 0 Å². The third kappa shape index (κ3) is 7.39. The Morgan fingerprint density at radius 3 is 2.53 bits per heavy atom. The SMILES string of the molecule is Cc1cc(-c2ccccc2[C@@H](C)OC[C@H](O)CNC(C)(C)CC2CCCCC2)ccc1C(=O)O. The number of hydrogen-bond donors (Lipinski definition) is 3. The van der Waals surface area contributed by atoms with E-state index in [0.717, 1.165) is 34.6 Å². The Hall–Kier alpha value is -2.21. The molecule has 2 atom stereocenters. The van der Waals surface area contributed by atoms with Crippen molar-refractivity contribution in [1.29, 1.82) is 0 Å². The maximum absolute atomic E-state index is 11.4. The molecule has 0 heterocycles. The summed E-state index contributed by atoms with van der Waals surface area (Å²) < 4.78 is 6.08. The summed E-state index contributed by atoms with van der Waals surface area (Å²) in [5.74, 6) is -0.132. The number of hydrogen-bond acceptors (Lipinski definition) is 4. The first-order valence-corrected chi connectivity index (χ1v) is 12.6. The van der Waals surface area contributed by atoms with Crippen LogP contribution in [0.15, 0.2) is 42.5 Å². The second-order valence-electron chi connectivity index (χ2n) is 10.5. The van der Waals surface area contributed by atoms with E-state index in [1.807, 2.05) is 50.2 Å². The smallest absolute Gasteiger partial charge is 0.335 e. The van der Waals surface area contributed by atoms with Crippen LogP contribution >= 0.6 is 0 Å². The van der Waals surface area contributed by atoms with E-state index in [-0.39, 0.29) is 18.2 Å². The summed E-state index contributed by atoms with van der Waals surface area (Å²) in [6.07, 6.45) is 7.07. The highest BCUT2D eigenvalue weighted by atomic mass is 16.5. The lowest BCUT2D eigenvalue weighted by atomic mass is 9.81. The van der Waals surface area contributed by atoms with Gasteiger partial charge in [-0.3, -0.25) is 0 Å². The highest BCUT2D eigenvalue weighted by Gasteiger charge is 2.25. The molecule has 5 nitrogen and oxygen atoms in total. The number of rotatable bonds is 11. The largest absolute Gasteiger partial charge is 0.478 e. The van der Waals surface area contributed by atoms with Gasteiger partial charge in [-0.2, -0.15) is 0 Å². The van der Waals surface area contributed by atoms with Gasteiger partial charge < -0.3 is 20.3 Å². The number of carboxylic acid groups (broad SMARTS) is 1. The maximum atomic E-state index is 11.4. The number of carbonyl (C=O) groups is 1. The Kier molecular flexibility index (Phi) is 9.29. The van der Waals surface area contributed by atoms with Crippen LogP contribution in [0, 0.1) is 12.8 Å². The maximum Gasteiger partial charge on any atom is 0.335 e. The van der Waals surface area contributed by atoms with E-state index in [2.05, 4.69) is 19.2 Å². The van der Waals surface area contributed by atoms with E-state index in [1.165, 1.54) is 32.1 Å². The first-order valence-electron chi connectivity index (χ1n) is 12.6. The van der Waals surface area contributed by atoms with Crippen molar-refractivity contribution < 1.29 is 19.7 Å². The molecule has 3 N–H and O–H groups in total. The standard InChI is InChI=1S/C29H41NO4/c1-20-16-23(14-15-25(20)28(32)33)27-13-9-8-12-26(27)21(2)34-19-24(31)18-30-29(3,4)17-22-10-6-5-7-11-22/h8-9,12-16,21-22,24,30-31H,5-7,10-11,17-19H2,1-4H3,(H,32,33)/t21-,24-/m1/s1. The minimum absolute atomic E-state index is 0.00117. The molecule has 0 aliphatic heterocycles. The number of aliphatic hydroxyl groups excluding tert-OH is 1. The van der Waals surface area contributed by atoms with E-state index >= 15 is 0 Å². The van der Waals surface area contributed by atoms with Gasteiger partial charge in [0.2, 0.25) is 0 Å². The van der Waals surface area contributed by atoms with Crippen LogP contribution in [0.3, 0.4) is 0 Å². The minimum Gasteiger partial charge on any atom is -0.478 e. The topological polar surface area (TPSA) is 78.8 Å². The van der Waals surface area contributed by atoms with Crippen molar-refractivity contribution in [2.45, 2.75) is 84.0 Å². The van der Waals surface area contributed by atoms with Gasteiger partial charge in [0.25, 0.3) is 0 Å². The number of carboxylic acids is 1. The van der Waals surface area contributed by atoms with E-state index in [0.29, 0.717) is 12.1 Å². The fourth-order valence-corrected chi connectivity index (χ4v) is 5.17. The minimum atomic E-state index is -0.918. The second-order valence-corrected chi connectivity index (χ2v) is 10.5. The molecule has 0 unspecified atom stereocenters. The molecular formula is C29H41NO4. The van der Waals surface area contributed by atoms with Crippen molar-refractivity contribution in [2.75, 3.05) is 13.2 Å². The van der Waals surface area contributed by atoms with Gasteiger partial charge in [-0.25, -0.2) is 4.79 Å². The fraction of sp³-hybridized carbons (Fsp3) is 0.552. The summed E-state index contributed by atoms with van der Waals surface area (Å²) in [5, 5.41) is 23.4. The summed E-state index contributed by atoms with van der Waals surface area (Å²) in [6.45, 7) is 9.01. The zero-order valence-electron chi connectivity index (χ0n) is 21.1. The lowest BCUT2D eigenvalue weighted by Gasteiger charge is -2.33. The van der Waals surface area contributed by atoms with Crippen molar-refractivity contribution in [1.82, 2.24) is 5.32 Å². The van der Waals surface area contributed by atoms with Crippen molar-refractivity contribution in [3.05, 3.63) is 59.2 Å². The number of β-amino-alcohol motifs (C(OH)–C–C–N with tert-alkyl or cyclic N) is 1. The summed E-state index contributed by atoms with van der Waals surface area (Å²) in [7, 11) is 0. The number of ether oxygens (including phenoxy) is 1. The van der Waals surface area contributed by atoms with Gasteiger partial charge in [-0.05, 0) is 68.4 Å². The highest BCUT2D eigenvalue weighted by Crippen LogP contribution is 2.32. The van der Waals surface area contributed by atoms with E-state index in [4.69, 9.17) is 4.74 Å². The van der Waals surface area contributed by atoms with Crippen molar-refractivity contribution in [3.63, 3.8) is 0 Å². The van der Waals surface area contributed by atoms with Crippen molar-refractivity contribution in [3.8, 4) is 11.1 Å². The predicted octanol–water partition coefficient (Wildman–Crippen LogP) is 6.14. The third-order valence-electron chi connectivity index (χ3n) is 7.05. The molecule has 0 spiro atoms. The molecule has 0 aromatic heterocycles. The van der Waals surface area contributed by atoms with E-state index in [9.17, 15) is 15.0 Å². The van der Waals surface area contributed by atoms with Crippen LogP contribution in [0.5, 0.6) is 0 Å². The van der Waals surface area contributed by atoms with Crippen molar-refractivity contribution >= 4 is 5.97 Å². The molecule has 2 aromatic carbocycles. The Morgan fingerprint density at radius 2 is 1.85 bits per heavy atom. The highest BCUT2D eigenvalue weighted by molar-refractivity contribution is 5.90. The normalized spacial score (nSPS) is 16.9. The van der Waals surface area contributed by atoms with Gasteiger partial charge in [0.05, 0.1) is 24.4 Å². The average Bonchev–Trinajstić information content (AvgIpc) is 2.81. The van der Waals surface area contributed by atoms with Crippen LogP contribution in [0.4, 0.5) is 0 Å².